The van der Waals surface area contributed by atoms with E-state index in [0.29, 0.717) is 22.5 Å². The lowest BCUT2D eigenvalue weighted by molar-refractivity contribution is 0.433. The summed E-state index contributed by atoms with van der Waals surface area (Å²) in [5.74, 6) is 0.717. The summed E-state index contributed by atoms with van der Waals surface area (Å²) in [5.41, 5.74) is 7.34. The average molecular weight is 290 g/mol. The third-order valence-corrected chi connectivity index (χ3v) is 5.06. The highest BCUT2D eigenvalue weighted by Crippen LogP contribution is 2.35. The largest absolute Gasteiger partial charge is 0.382 e. The highest BCUT2D eigenvalue weighted by Gasteiger charge is 2.23. The first-order valence-corrected chi connectivity index (χ1v) is 8.27. The molecule has 1 aliphatic rings. The minimum atomic E-state index is 0.342. The third-order valence-electron chi connectivity index (χ3n) is 3.93. The summed E-state index contributed by atoms with van der Waals surface area (Å²) in [7, 11) is 0. The van der Waals surface area contributed by atoms with Gasteiger partial charge in [-0.05, 0) is 19.3 Å². The molecule has 1 atom stereocenters. The molecule has 5 heteroatoms. The molecule has 0 radical (unpaired) electrons. The van der Waals surface area contributed by atoms with Crippen LogP contribution < -0.4 is 5.73 Å². The van der Waals surface area contributed by atoms with E-state index in [1.807, 2.05) is 0 Å². The highest BCUT2D eigenvalue weighted by atomic mass is 32.2. The van der Waals surface area contributed by atoms with E-state index in [2.05, 4.69) is 29.9 Å². The van der Waals surface area contributed by atoms with E-state index in [1.165, 1.54) is 19.3 Å². The van der Waals surface area contributed by atoms with Gasteiger partial charge in [0.15, 0.2) is 5.16 Å². The lowest BCUT2D eigenvalue weighted by Gasteiger charge is -2.22. The van der Waals surface area contributed by atoms with Crippen molar-refractivity contribution in [2.45, 2.75) is 68.7 Å². The maximum atomic E-state index is 9.33. The van der Waals surface area contributed by atoms with Gasteiger partial charge in [-0.3, -0.25) is 0 Å². The van der Waals surface area contributed by atoms with Gasteiger partial charge in [-0.2, -0.15) is 5.26 Å². The fourth-order valence-corrected chi connectivity index (χ4v) is 3.40. The van der Waals surface area contributed by atoms with E-state index in [1.54, 1.807) is 11.8 Å². The first-order valence-electron chi connectivity index (χ1n) is 7.39. The summed E-state index contributed by atoms with van der Waals surface area (Å²) in [6.45, 7) is 4.30. The summed E-state index contributed by atoms with van der Waals surface area (Å²) in [4.78, 5) is 8.96. The normalized spacial score (nSPS) is 17.6. The zero-order chi connectivity index (χ0) is 14.5. The quantitative estimate of drug-likeness (QED) is 0.673. The summed E-state index contributed by atoms with van der Waals surface area (Å²) < 4.78 is 0. The van der Waals surface area contributed by atoms with Crippen molar-refractivity contribution in [3.63, 3.8) is 0 Å². The fraction of sp³-hybridized carbons (Fsp3) is 0.667. The Morgan fingerprint density at radius 1 is 1.35 bits per heavy atom. The zero-order valence-electron chi connectivity index (χ0n) is 12.2. The van der Waals surface area contributed by atoms with Crippen LogP contribution >= 0.6 is 11.8 Å². The predicted octanol–water partition coefficient (Wildman–Crippen LogP) is 3.87. The van der Waals surface area contributed by atoms with E-state index < -0.39 is 0 Å². The molecular formula is C15H22N4S. The van der Waals surface area contributed by atoms with Gasteiger partial charge in [0.25, 0.3) is 0 Å². The second-order valence-corrected chi connectivity index (χ2v) is 6.84. The van der Waals surface area contributed by atoms with Crippen LogP contribution in [0.4, 0.5) is 5.82 Å². The molecule has 1 aromatic heterocycles. The molecule has 1 aliphatic carbocycles. The molecule has 1 aromatic rings. The number of hydrogen-bond donors (Lipinski definition) is 1. The zero-order valence-corrected chi connectivity index (χ0v) is 13.0. The number of aromatic nitrogens is 2. The van der Waals surface area contributed by atoms with Crippen LogP contribution in [0.25, 0.3) is 0 Å². The maximum absolute atomic E-state index is 9.33. The second kappa shape index (κ2) is 6.94. The molecule has 108 valence electrons. The number of nitrogen functional groups attached to an aromatic ring is 1. The fourth-order valence-electron chi connectivity index (χ4n) is 2.58. The Balaban J connectivity index is 2.34. The lowest BCUT2D eigenvalue weighted by Crippen LogP contribution is -2.13. The Kier molecular flexibility index (Phi) is 5.24. The number of thioether (sulfide) groups is 1. The molecule has 2 N–H and O–H groups in total. The topological polar surface area (TPSA) is 75.6 Å². The standard InChI is InChI=1S/C15H22N4S/c1-3-10(2)20-15-18-13(11-7-5-4-6-8-11)12(9-16)14(17)19-15/h10-11H,3-8H2,1-2H3,(H2,17,18,19)/t10-/m1/s1. The maximum Gasteiger partial charge on any atom is 0.190 e. The van der Waals surface area contributed by atoms with Crippen molar-refractivity contribution >= 4 is 17.6 Å². The molecule has 0 spiro atoms. The molecule has 1 heterocycles. The van der Waals surface area contributed by atoms with Gasteiger partial charge in [0.2, 0.25) is 0 Å². The average Bonchev–Trinajstić information content (AvgIpc) is 2.47. The minimum absolute atomic E-state index is 0.342. The van der Waals surface area contributed by atoms with Crippen LogP contribution in [0.2, 0.25) is 0 Å². The molecule has 2 rings (SSSR count). The molecule has 0 aliphatic heterocycles. The smallest absolute Gasteiger partial charge is 0.190 e. The van der Waals surface area contributed by atoms with Crippen LogP contribution in [-0.4, -0.2) is 15.2 Å². The van der Waals surface area contributed by atoms with E-state index in [0.717, 1.165) is 30.1 Å². The first kappa shape index (κ1) is 15.1. The van der Waals surface area contributed by atoms with E-state index >= 15 is 0 Å². The SMILES string of the molecule is CC[C@@H](C)Sc1nc(N)c(C#N)c(C2CCCCC2)n1. The molecule has 0 unspecified atom stereocenters. The Morgan fingerprint density at radius 3 is 2.65 bits per heavy atom. The molecule has 0 aromatic carbocycles. The molecule has 1 fully saturated rings. The number of nitrogens with two attached hydrogens (primary N) is 1. The van der Waals surface area contributed by atoms with Crippen LogP contribution in [0.3, 0.4) is 0 Å². The molecular weight excluding hydrogens is 268 g/mol. The monoisotopic (exact) mass is 290 g/mol. The van der Waals surface area contributed by atoms with Gasteiger partial charge in [0, 0.05) is 11.2 Å². The van der Waals surface area contributed by atoms with Crippen LogP contribution in [0.5, 0.6) is 0 Å². The van der Waals surface area contributed by atoms with Crippen molar-refractivity contribution < 1.29 is 0 Å². The minimum Gasteiger partial charge on any atom is -0.382 e. The van der Waals surface area contributed by atoms with Crippen molar-refractivity contribution in [2.24, 2.45) is 0 Å². The van der Waals surface area contributed by atoms with Crippen LogP contribution in [0.15, 0.2) is 5.16 Å². The number of hydrogen-bond acceptors (Lipinski definition) is 5. The Hall–Kier alpha value is -1.28. The summed E-state index contributed by atoms with van der Waals surface area (Å²) in [6, 6.07) is 2.20. The van der Waals surface area contributed by atoms with E-state index in [4.69, 9.17) is 5.73 Å². The van der Waals surface area contributed by atoms with Gasteiger partial charge in [-0.15, -0.1) is 0 Å². The number of nitriles is 1. The van der Waals surface area contributed by atoms with Gasteiger partial charge in [0.1, 0.15) is 17.5 Å². The molecule has 0 amide bonds. The van der Waals surface area contributed by atoms with Crippen molar-refractivity contribution in [2.75, 3.05) is 5.73 Å². The molecule has 0 saturated heterocycles. The van der Waals surface area contributed by atoms with Gasteiger partial charge < -0.3 is 5.73 Å². The van der Waals surface area contributed by atoms with Crippen LogP contribution in [0, 0.1) is 11.3 Å². The third kappa shape index (κ3) is 3.43. The molecule has 0 bridgehead atoms. The van der Waals surface area contributed by atoms with Gasteiger partial charge in [-0.25, -0.2) is 9.97 Å². The molecule has 4 nitrogen and oxygen atoms in total. The van der Waals surface area contributed by atoms with Crippen molar-refractivity contribution in [1.82, 2.24) is 9.97 Å². The molecule has 20 heavy (non-hydrogen) atoms. The second-order valence-electron chi connectivity index (χ2n) is 5.44. The molecule has 1 saturated carbocycles. The lowest BCUT2D eigenvalue weighted by atomic mass is 9.85. The first-order chi connectivity index (χ1) is 9.65. The summed E-state index contributed by atoms with van der Waals surface area (Å²) in [5, 5.41) is 10.5. The van der Waals surface area contributed by atoms with Crippen LogP contribution in [-0.2, 0) is 0 Å². The van der Waals surface area contributed by atoms with Crippen molar-refractivity contribution in [3.8, 4) is 6.07 Å². The van der Waals surface area contributed by atoms with Gasteiger partial charge >= 0.3 is 0 Å². The number of rotatable bonds is 4. The highest BCUT2D eigenvalue weighted by molar-refractivity contribution is 7.99. The number of nitrogens with zero attached hydrogens (tertiary/aromatic N) is 3. The van der Waals surface area contributed by atoms with Gasteiger partial charge in [-0.1, -0.05) is 44.9 Å². The Morgan fingerprint density at radius 2 is 2.05 bits per heavy atom. The van der Waals surface area contributed by atoms with Gasteiger partial charge in [0.05, 0.1) is 5.69 Å². The predicted molar refractivity (Wildman–Crippen MR) is 82.6 cm³/mol. The van der Waals surface area contributed by atoms with E-state index in [-0.39, 0.29) is 0 Å². The van der Waals surface area contributed by atoms with E-state index in [9.17, 15) is 5.26 Å². The summed E-state index contributed by atoms with van der Waals surface area (Å²) in [6.07, 6.45) is 7.00. The summed E-state index contributed by atoms with van der Waals surface area (Å²) >= 11 is 1.64. The Labute approximate surface area is 125 Å². The Bertz CT molecular complexity index is 503. The van der Waals surface area contributed by atoms with Crippen molar-refractivity contribution in [3.05, 3.63) is 11.3 Å². The number of anilines is 1. The van der Waals surface area contributed by atoms with Crippen molar-refractivity contribution in [1.29, 1.82) is 5.26 Å². The van der Waals surface area contributed by atoms with Crippen LogP contribution in [0.1, 0.15) is 69.5 Å².